The summed E-state index contributed by atoms with van der Waals surface area (Å²) in [5.41, 5.74) is -1.82. The van der Waals surface area contributed by atoms with Crippen molar-refractivity contribution in [2.24, 2.45) is 0 Å². The molecule has 0 saturated carbocycles. The Morgan fingerprint density at radius 2 is 2.00 bits per heavy atom. The van der Waals surface area contributed by atoms with Gasteiger partial charge in [0.15, 0.2) is 0 Å². The molecule has 0 fully saturated rings. The zero-order valence-corrected chi connectivity index (χ0v) is 8.17. The molecule has 0 saturated heterocycles. The van der Waals surface area contributed by atoms with Crippen molar-refractivity contribution in [2.75, 3.05) is 0 Å². The van der Waals surface area contributed by atoms with Crippen molar-refractivity contribution in [2.45, 2.75) is 26.1 Å². The molecule has 0 unspecified atom stereocenters. The average molecular weight is 221 g/mol. The van der Waals surface area contributed by atoms with Gasteiger partial charge in [-0.2, -0.15) is 13.2 Å². The van der Waals surface area contributed by atoms with Crippen LogP contribution in [0.2, 0.25) is 0 Å². The molecule has 0 aliphatic rings. The number of halogens is 3. The minimum absolute atomic E-state index is 0.435. The number of carboxylic acid groups (broad SMARTS) is 1. The number of rotatable bonds is 2. The molecule has 84 valence electrons. The lowest BCUT2D eigenvalue weighted by atomic mass is 10.2. The molecule has 6 heteroatoms. The van der Waals surface area contributed by atoms with Crippen LogP contribution in [0.25, 0.3) is 0 Å². The summed E-state index contributed by atoms with van der Waals surface area (Å²) in [6, 6.07) is 0.528. The third-order valence-corrected chi connectivity index (χ3v) is 1.97. The predicted octanol–water partition coefficient (Wildman–Crippen LogP) is 2.79. The monoisotopic (exact) mass is 221 g/mol. The van der Waals surface area contributed by atoms with Gasteiger partial charge in [0.1, 0.15) is 5.69 Å². The number of carboxylic acids is 1. The number of aromatic carboxylic acids is 1. The fraction of sp³-hybridized carbons (Fsp3) is 0.444. The summed E-state index contributed by atoms with van der Waals surface area (Å²) in [4.78, 5) is 10.6. The number of nitrogens with zero attached hydrogens (tertiary/aromatic N) is 1. The third kappa shape index (κ3) is 2.14. The molecule has 1 N–H and O–H groups in total. The summed E-state index contributed by atoms with van der Waals surface area (Å²) in [6.45, 7) is 3.11. The van der Waals surface area contributed by atoms with Crippen LogP contribution in [0.4, 0.5) is 13.2 Å². The first-order chi connectivity index (χ1) is 6.75. The van der Waals surface area contributed by atoms with Gasteiger partial charge < -0.3 is 9.67 Å². The van der Waals surface area contributed by atoms with E-state index < -0.39 is 29.4 Å². The maximum Gasteiger partial charge on any atom is 0.432 e. The van der Waals surface area contributed by atoms with Gasteiger partial charge >= 0.3 is 12.1 Å². The highest BCUT2D eigenvalue weighted by atomic mass is 19.4. The molecule has 0 aliphatic carbocycles. The Hall–Kier alpha value is -1.46. The first-order valence-corrected chi connectivity index (χ1v) is 4.26. The van der Waals surface area contributed by atoms with E-state index in [0.29, 0.717) is 0 Å². The van der Waals surface area contributed by atoms with Crippen molar-refractivity contribution in [3.63, 3.8) is 0 Å². The van der Waals surface area contributed by atoms with E-state index in [2.05, 4.69) is 0 Å². The van der Waals surface area contributed by atoms with Crippen molar-refractivity contribution in [3.8, 4) is 0 Å². The molecule has 0 bridgehead atoms. The van der Waals surface area contributed by atoms with E-state index in [1.807, 2.05) is 0 Å². The van der Waals surface area contributed by atoms with E-state index in [1.165, 1.54) is 0 Å². The second-order valence-electron chi connectivity index (χ2n) is 3.38. The summed E-state index contributed by atoms with van der Waals surface area (Å²) in [7, 11) is 0. The Bertz CT molecular complexity index is 379. The van der Waals surface area contributed by atoms with Crippen molar-refractivity contribution in [3.05, 3.63) is 23.5 Å². The molecule has 1 rings (SSSR count). The Balaban J connectivity index is 3.40. The van der Waals surface area contributed by atoms with Crippen molar-refractivity contribution in [1.82, 2.24) is 4.57 Å². The lowest BCUT2D eigenvalue weighted by Gasteiger charge is -2.15. The second kappa shape index (κ2) is 3.60. The van der Waals surface area contributed by atoms with Crippen LogP contribution in [-0.4, -0.2) is 15.6 Å². The molecule has 0 aromatic carbocycles. The zero-order chi connectivity index (χ0) is 11.8. The molecule has 1 aromatic rings. The normalized spacial score (nSPS) is 12.1. The lowest BCUT2D eigenvalue weighted by molar-refractivity contribution is -0.144. The number of carbonyl (C=O) groups is 1. The largest absolute Gasteiger partial charge is 0.478 e. The van der Waals surface area contributed by atoms with Crippen LogP contribution in [0, 0.1) is 0 Å². The number of aromatic nitrogens is 1. The first-order valence-electron chi connectivity index (χ1n) is 4.26. The van der Waals surface area contributed by atoms with E-state index in [-0.39, 0.29) is 0 Å². The molecule has 0 spiro atoms. The maximum atomic E-state index is 12.6. The fourth-order valence-electron chi connectivity index (χ4n) is 1.35. The highest BCUT2D eigenvalue weighted by molar-refractivity contribution is 5.89. The SMILES string of the molecule is CC(C)n1ccc(C(=O)O)c1C(F)(F)F. The summed E-state index contributed by atoms with van der Waals surface area (Å²) >= 11 is 0. The van der Waals surface area contributed by atoms with Crippen LogP contribution >= 0.6 is 0 Å². The highest BCUT2D eigenvalue weighted by Crippen LogP contribution is 2.34. The van der Waals surface area contributed by atoms with E-state index in [4.69, 9.17) is 5.11 Å². The van der Waals surface area contributed by atoms with E-state index in [9.17, 15) is 18.0 Å². The lowest BCUT2D eigenvalue weighted by Crippen LogP contribution is -2.18. The van der Waals surface area contributed by atoms with Gasteiger partial charge in [-0.05, 0) is 19.9 Å². The molecule has 1 heterocycles. The first kappa shape index (κ1) is 11.6. The molecular formula is C9H10F3NO2. The van der Waals surface area contributed by atoms with Crippen LogP contribution < -0.4 is 0 Å². The number of hydrogen-bond acceptors (Lipinski definition) is 1. The third-order valence-electron chi connectivity index (χ3n) is 1.97. The summed E-state index contributed by atoms with van der Waals surface area (Å²) in [6.07, 6.45) is -3.52. The van der Waals surface area contributed by atoms with Gasteiger partial charge in [0, 0.05) is 12.2 Å². The van der Waals surface area contributed by atoms with Crippen LogP contribution in [0.1, 0.15) is 35.9 Å². The van der Waals surface area contributed by atoms with Crippen molar-refractivity contribution in [1.29, 1.82) is 0 Å². The molecule has 15 heavy (non-hydrogen) atoms. The van der Waals surface area contributed by atoms with Gasteiger partial charge in [0.05, 0.1) is 5.56 Å². The van der Waals surface area contributed by atoms with E-state index >= 15 is 0 Å². The van der Waals surface area contributed by atoms with Crippen LogP contribution in [0.3, 0.4) is 0 Å². The molecule has 0 radical (unpaired) electrons. The minimum atomic E-state index is -4.65. The highest BCUT2D eigenvalue weighted by Gasteiger charge is 2.39. The van der Waals surface area contributed by atoms with E-state index in [1.54, 1.807) is 13.8 Å². The smallest absolute Gasteiger partial charge is 0.432 e. The fourth-order valence-corrected chi connectivity index (χ4v) is 1.35. The molecule has 3 nitrogen and oxygen atoms in total. The second-order valence-corrected chi connectivity index (χ2v) is 3.38. The molecule has 1 aromatic heterocycles. The molecule has 0 atom stereocenters. The Morgan fingerprint density at radius 3 is 2.33 bits per heavy atom. The predicted molar refractivity (Wildman–Crippen MR) is 46.8 cm³/mol. The standard InChI is InChI=1S/C9H10F3NO2/c1-5(2)13-4-3-6(8(14)15)7(13)9(10,11)12/h3-5H,1-2H3,(H,14,15). The summed E-state index contributed by atoms with van der Waals surface area (Å²) in [5.74, 6) is -1.57. The quantitative estimate of drug-likeness (QED) is 0.834. The average Bonchev–Trinajstić information content (AvgIpc) is 2.45. The maximum absolute atomic E-state index is 12.6. The number of alkyl halides is 3. The van der Waals surface area contributed by atoms with Crippen molar-refractivity contribution < 1.29 is 23.1 Å². The van der Waals surface area contributed by atoms with Crippen LogP contribution in [0.5, 0.6) is 0 Å². The van der Waals surface area contributed by atoms with Crippen LogP contribution in [-0.2, 0) is 6.18 Å². The van der Waals surface area contributed by atoms with Gasteiger partial charge in [-0.25, -0.2) is 4.79 Å². The van der Waals surface area contributed by atoms with Gasteiger partial charge in [-0.1, -0.05) is 0 Å². The Morgan fingerprint density at radius 1 is 1.47 bits per heavy atom. The molecular weight excluding hydrogens is 211 g/mol. The van der Waals surface area contributed by atoms with Crippen LogP contribution in [0.15, 0.2) is 12.3 Å². The van der Waals surface area contributed by atoms with Gasteiger partial charge in [-0.3, -0.25) is 0 Å². The van der Waals surface area contributed by atoms with Gasteiger partial charge in [-0.15, -0.1) is 0 Å². The van der Waals surface area contributed by atoms with Crippen molar-refractivity contribution >= 4 is 5.97 Å². The topological polar surface area (TPSA) is 42.2 Å². The van der Waals surface area contributed by atoms with Gasteiger partial charge in [0.2, 0.25) is 0 Å². The molecule has 0 aliphatic heterocycles. The summed E-state index contributed by atoms with van der Waals surface area (Å²) in [5, 5.41) is 8.61. The minimum Gasteiger partial charge on any atom is -0.478 e. The van der Waals surface area contributed by atoms with E-state index in [0.717, 1.165) is 16.8 Å². The number of hydrogen-bond donors (Lipinski definition) is 1. The zero-order valence-electron chi connectivity index (χ0n) is 8.17. The Labute approximate surface area is 84.1 Å². The molecule has 0 amide bonds. The summed E-state index contributed by atoms with van der Waals surface area (Å²) < 4.78 is 38.6. The van der Waals surface area contributed by atoms with Gasteiger partial charge in [0.25, 0.3) is 0 Å². The Kier molecular flexibility index (Phi) is 2.79.